The number of rotatable bonds is 5. The quantitative estimate of drug-likeness (QED) is 0.513. The van der Waals surface area contributed by atoms with Gasteiger partial charge in [0.05, 0.1) is 5.69 Å². The topological polar surface area (TPSA) is 69.0 Å². The van der Waals surface area contributed by atoms with Crippen LogP contribution in [0.25, 0.3) is 21.5 Å². The Morgan fingerprint density at radius 3 is 2.74 bits per heavy atom. The van der Waals surface area contributed by atoms with E-state index in [1.54, 1.807) is 16.0 Å². The Hall–Kier alpha value is -3.03. The average molecular weight is 433 g/mol. The lowest BCUT2D eigenvalue weighted by molar-refractivity contribution is 0.0694. The molecule has 0 spiro atoms. The van der Waals surface area contributed by atoms with Crippen LogP contribution in [-0.2, 0) is 18.2 Å². The van der Waals surface area contributed by atoms with Crippen LogP contribution in [0, 0.1) is 0 Å². The highest BCUT2D eigenvalue weighted by atomic mass is 32.1. The molecule has 3 aromatic heterocycles. The number of hydrogen-bond acceptors (Lipinski definition) is 5. The van der Waals surface area contributed by atoms with E-state index in [0.717, 1.165) is 46.3 Å². The second-order valence-electron chi connectivity index (χ2n) is 7.91. The monoisotopic (exact) mass is 432 g/mol. The van der Waals surface area contributed by atoms with Gasteiger partial charge in [0.25, 0.3) is 5.91 Å². The number of thiophene rings is 1. The molecule has 5 rings (SSSR count). The third kappa shape index (κ3) is 4.38. The highest BCUT2D eigenvalue weighted by Gasteiger charge is 2.19. The van der Waals surface area contributed by atoms with E-state index in [1.807, 2.05) is 30.8 Å². The molecule has 31 heavy (non-hydrogen) atoms. The van der Waals surface area contributed by atoms with Gasteiger partial charge in [-0.05, 0) is 54.0 Å². The number of aryl methyl sites for hydroxylation is 1. The summed E-state index contributed by atoms with van der Waals surface area (Å²) in [5.41, 5.74) is 4.85. The first-order valence-electron chi connectivity index (χ1n) is 10.5. The van der Waals surface area contributed by atoms with Gasteiger partial charge in [-0.2, -0.15) is 5.10 Å². The molecule has 1 fully saturated rings. The first-order valence-corrected chi connectivity index (χ1v) is 11.4. The maximum absolute atomic E-state index is 12.9. The third-order valence-electron chi connectivity index (χ3n) is 5.67. The van der Waals surface area contributed by atoms with Crippen molar-refractivity contribution in [2.24, 2.45) is 7.05 Å². The second-order valence-corrected chi connectivity index (χ2v) is 8.81. The van der Waals surface area contributed by atoms with Crippen molar-refractivity contribution in [2.45, 2.75) is 25.3 Å². The van der Waals surface area contributed by atoms with E-state index in [-0.39, 0.29) is 11.9 Å². The summed E-state index contributed by atoms with van der Waals surface area (Å²) in [6.45, 7) is 1.39. The van der Waals surface area contributed by atoms with E-state index >= 15 is 0 Å². The fraction of sp³-hybridized carbons (Fsp3) is 0.292. The molecule has 158 valence electrons. The number of benzene rings is 1. The lowest BCUT2D eigenvalue weighted by Crippen LogP contribution is -2.39. The zero-order valence-electron chi connectivity index (χ0n) is 17.4. The van der Waals surface area contributed by atoms with Crippen LogP contribution in [0.1, 0.15) is 34.5 Å². The molecule has 0 bridgehead atoms. The third-order valence-corrected chi connectivity index (χ3v) is 6.48. The number of hydrogen-bond donors (Lipinski definition) is 1. The summed E-state index contributed by atoms with van der Waals surface area (Å²) in [7, 11) is 1.92. The van der Waals surface area contributed by atoms with E-state index in [0.29, 0.717) is 18.9 Å². The molecule has 0 radical (unpaired) electrons. The molecule has 0 aliphatic carbocycles. The largest absolute Gasteiger partial charge is 0.381 e. The first-order chi connectivity index (χ1) is 15.2. The van der Waals surface area contributed by atoms with Crippen LogP contribution in [0.2, 0.25) is 0 Å². The summed E-state index contributed by atoms with van der Waals surface area (Å²) in [5.74, 6) is -0.103. The van der Waals surface area contributed by atoms with E-state index in [4.69, 9.17) is 4.74 Å². The van der Waals surface area contributed by atoms with Gasteiger partial charge in [0.15, 0.2) is 0 Å². The fourth-order valence-corrected chi connectivity index (χ4v) is 4.77. The van der Waals surface area contributed by atoms with Crippen LogP contribution in [0.3, 0.4) is 0 Å². The summed E-state index contributed by atoms with van der Waals surface area (Å²) < 4.78 is 7.19. The minimum atomic E-state index is -0.103. The van der Waals surface area contributed by atoms with Crippen molar-refractivity contribution >= 4 is 27.5 Å². The van der Waals surface area contributed by atoms with E-state index in [2.05, 4.69) is 45.7 Å². The predicted molar refractivity (Wildman–Crippen MR) is 122 cm³/mol. The number of carbonyl (C=O) groups excluding carboxylic acids is 1. The van der Waals surface area contributed by atoms with Gasteiger partial charge in [-0.1, -0.05) is 24.3 Å². The maximum Gasteiger partial charge on any atom is 0.270 e. The minimum absolute atomic E-state index is 0.103. The lowest BCUT2D eigenvalue weighted by atomic mass is 10.0. The fourth-order valence-electron chi connectivity index (χ4n) is 3.96. The van der Waals surface area contributed by atoms with E-state index in [9.17, 15) is 4.79 Å². The highest BCUT2D eigenvalue weighted by Crippen LogP contribution is 2.27. The molecule has 0 unspecified atom stereocenters. The van der Waals surface area contributed by atoms with Gasteiger partial charge in [-0.15, -0.1) is 11.3 Å². The summed E-state index contributed by atoms with van der Waals surface area (Å²) in [5, 5.41) is 10.7. The van der Waals surface area contributed by atoms with Crippen molar-refractivity contribution in [2.75, 3.05) is 13.2 Å². The molecule has 1 aromatic carbocycles. The van der Waals surface area contributed by atoms with Gasteiger partial charge in [-0.3, -0.25) is 9.48 Å². The van der Waals surface area contributed by atoms with Crippen molar-refractivity contribution in [1.82, 2.24) is 20.1 Å². The Kier molecular flexibility index (Phi) is 5.53. The van der Waals surface area contributed by atoms with Crippen LogP contribution in [0.5, 0.6) is 0 Å². The molecule has 1 saturated heterocycles. The molecule has 4 aromatic rings. The van der Waals surface area contributed by atoms with Gasteiger partial charge >= 0.3 is 0 Å². The molecule has 1 N–H and O–H groups in total. The van der Waals surface area contributed by atoms with Crippen molar-refractivity contribution in [1.29, 1.82) is 0 Å². The van der Waals surface area contributed by atoms with Crippen molar-refractivity contribution in [3.63, 3.8) is 0 Å². The molecule has 6 nitrogen and oxygen atoms in total. The van der Waals surface area contributed by atoms with E-state index in [1.165, 1.54) is 5.56 Å². The van der Waals surface area contributed by atoms with Gasteiger partial charge in [0.1, 0.15) is 10.5 Å². The molecule has 0 saturated carbocycles. The number of nitrogens with one attached hydrogen (secondary N) is 1. The number of pyridine rings is 1. The van der Waals surface area contributed by atoms with Gasteiger partial charge in [-0.25, -0.2) is 4.98 Å². The zero-order valence-corrected chi connectivity index (χ0v) is 18.2. The standard InChI is InChI=1S/C24H24N4O2S/c1-28-10-6-21(27-28)17-4-2-16(3-5-17)14-18-15-22(26-24-20(18)9-13-31-24)23(29)25-19-7-11-30-12-8-19/h2-6,9-10,13,15,19H,7-8,11-12,14H2,1H3,(H,25,29). The van der Waals surface area contributed by atoms with Crippen molar-refractivity contribution in [3.05, 3.63) is 70.9 Å². The Morgan fingerprint density at radius 2 is 2.00 bits per heavy atom. The molecular weight excluding hydrogens is 408 g/mol. The smallest absolute Gasteiger partial charge is 0.270 e. The number of carbonyl (C=O) groups is 1. The summed E-state index contributed by atoms with van der Waals surface area (Å²) in [6, 6.07) is 14.7. The average Bonchev–Trinajstić information content (AvgIpc) is 3.44. The Balaban J connectivity index is 1.38. The normalized spacial score (nSPS) is 14.7. The minimum Gasteiger partial charge on any atom is -0.381 e. The Morgan fingerprint density at radius 1 is 1.19 bits per heavy atom. The molecule has 4 heterocycles. The molecule has 1 aliphatic heterocycles. The molecule has 0 atom stereocenters. The van der Waals surface area contributed by atoms with Gasteiger partial charge in [0, 0.05) is 43.4 Å². The molecule has 7 heteroatoms. The predicted octanol–water partition coefficient (Wildman–Crippen LogP) is 4.20. The number of amides is 1. The van der Waals surface area contributed by atoms with Crippen molar-refractivity contribution < 1.29 is 9.53 Å². The Labute approximate surface area is 184 Å². The summed E-state index contributed by atoms with van der Waals surface area (Å²) >= 11 is 1.57. The molecule has 1 amide bonds. The van der Waals surface area contributed by atoms with Crippen molar-refractivity contribution in [3.8, 4) is 11.3 Å². The maximum atomic E-state index is 12.9. The van der Waals surface area contributed by atoms with E-state index < -0.39 is 0 Å². The Bertz CT molecular complexity index is 1210. The number of aromatic nitrogens is 3. The highest BCUT2D eigenvalue weighted by molar-refractivity contribution is 7.16. The van der Waals surface area contributed by atoms with Crippen LogP contribution < -0.4 is 5.32 Å². The van der Waals surface area contributed by atoms with Crippen LogP contribution in [0.15, 0.2) is 54.0 Å². The zero-order chi connectivity index (χ0) is 21.2. The van der Waals surface area contributed by atoms with Crippen LogP contribution >= 0.6 is 11.3 Å². The molecular formula is C24H24N4O2S. The summed E-state index contributed by atoms with van der Waals surface area (Å²) in [4.78, 5) is 18.4. The van der Waals surface area contributed by atoms with Gasteiger partial charge in [0.2, 0.25) is 0 Å². The number of ether oxygens (including phenoxy) is 1. The first kappa shape index (κ1) is 19.9. The van der Waals surface area contributed by atoms with Gasteiger partial charge < -0.3 is 10.1 Å². The van der Waals surface area contributed by atoms with Crippen LogP contribution in [-0.4, -0.2) is 39.9 Å². The van der Waals surface area contributed by atoms with Crippen LogP contribution in [0.4, 0.5) is 0 Å². The lowest BCUT2D eigenvalue weighted by Gasteiger charge is -2.23. The number of fused-ring (bicyclic) bond motifs is 1. The number of nitrogens with zero attached hydrogens (tertiary/aromatic N) is 3. The molecule has 1 aliphatic rings. The SMILES string of the molecule is Cn1ccc(-c2ccc(Cc3cc(C(=O)NC4CCOCC4)nc4sccc34)cc2)n1. The second kappa shape index (κ2) is 8.61. The summed E-state index contributed by atoms with van der Waals surface area (Å²) in [6.07, 6.45) is 4.39.